The van der Waals surface area contributed by atoms with E-state index in [0.29, 0.717) is 0 Å². The van der Waals surface area contributed by atoms with Gasteiger partial charge < -0.3 is 14.4 Å². The van der Waals surface area contributed by atoms with E-state index in [1.54, 1.807) is 0 Å². The van der Waals surface area contributed by atoms with Crippen molar-refractivity contribution in [1.82, 2.24) is 19.4 Å². The third-order valence-corrected chi connectivity index (χ3v) is 7.46. The predicted octanol–water partition coefficient (Wildman–Crippen LogP) is 7.53. The Morgan fingerprint density at radius 3 is 2.38 bits per heavy atom. The van der Waals surface area contributed by atoms with Gasteiger partial charge in [-0.3, -0.25) is 9.59 Å². The number of hydrogen-bond acceptors (Lipinski definition) is 5. The van der Waals surface area contributed by atoms with Crippen LogP contribution >= 0.6 is 11.8 Å². The summed E-state index contributed by atoms with van der Waals surface area (Å²) in [6.07, 6.45) is -16.2. The summed E-state index contributed by atoms with van der Waals surface area (Å²) in [5, 5.41) is -1.06. The molecule has 1 amide bonds. The smallest absolute Gasteiger partial charge is 0.336 e. The highest BCUT2D eigenvalue weighted by molar-refractivity contribution is 7.98. The van der Waals surface area contributed by atoms with Gasteiger partial charge in [0.25, 0.3) is 5.56 Å². The first-order valence-electron chi connectivity index (χ1n) is 24.6. The Balaban J connectivity index is 1.88. The molecule has 6 nitrogen and oxygen atoms in total. The number of carbonyl (C=O) groups excluding carboxylic acids is 1. The van der Waals surface area contributed by atoms with Crippen molar-refractivity contribution >= 4 is 17.7 Å². The molecular weight excluding hydrogens is 640 g/mol. The van der Waals surface area contributed by atoms with Gasteiger partial charge in [0, 0.05) is 50.2 Å². The fourth-order valence-corrected chi connectivity index (χ4v) is 4.89. The fraction of sp³-hybridized carbons (Fsp3) is 0.378. The van der Waals surface area contributed by atoms with Crippen molar-refractivity contribution in [3.8, 4) is 11.1 Å². The number of carbonyl (C=O) groups is 1. The number of amides is 1. The van der Waals surface area contributed by atoms with Crippen LogP contribution in [-0.4, -0.2) is 51.3 Å². The highest BCUT2D eigenvalue weighted by Gasteiger charge is 2.32. The second-order valence-electron chi connectivity index (χ2n) is 9.83. The van der Waals surface area contributed by atoms with Crippen molar-refractivity contribution < 1.29 is 51.1 Å². The lowest BCUT2D eigenvalue weighted by atomic mass is 9.98. The van der Waals surface area contributed by atoms with E-state index in [9.17, 15) is 27.8 Å². The van der Waals surface area contributed by atoms with Gasteiger partial charge in [-0.05, 0) is 85.1 Å². The summed E-state index contributed by atoms with van der Waals surface area (Å²) in [7, 11) is 0. The van der Waals surface area contributed by atoms with Gasteiger partial charge >= 0.3 is 6.18 Å². The third kappa shape index (κ3) is 8.54. The van der Waals surface area contributed by atoms with Gasteiger partial charge in [-0.15, -0.1) is 0 Å². The molecule has 0 fully saturated rings. The molecule has 1 aliphatic carbocycles. The molecule has 5 rings (SSSR count). The Labute approximate surface area is 312 Å². The lowest BCUT2D eigenvalue weighted by molar-refractivity contribution is -0.138. The van der Waals surface area contributed by atoms with Crippen molar-refractivity contribution in [2.24, 2.45) is 0 Å². The average Bonchev–Trinajstić information content (AvgIpc) is 3.31. The summed E-state index contributed by atoms with van der Waals surface area (Å²) in [4.78, 5) is 32.6. The van der Waals surface area contributed by atoms with Crippen LogP contribution in [0.25, 0.3) is 11.1 Å². The monoisotopic (exact) mass is 701 g/mol. The van der Waals surface area contributed by atoms with Crippen LogP contribution in [0.5, 0.6) is 0 Å². The van der Waals surface area contributed by atoms with Gasteiger partial charge in [0.15, 0.2) is 5.16 Å². The van der Waals surface area contributed by atoms with E-state index < -0.39 is 166 Å². The summed E-state index contributed by atoms with van der Waals surface area (Å²) >= 11 is -0.0953. The first-order valence-corrected chi connectivity index (χ1v) is 15.0. The largest absolute Gasteiger partial charge is 0.416 e. The molecule has 1 aliphatic rings. The Kier molecular flexibility index (Phi) is 5.53. The van der Waals surface area contributed by atoms with E-state index in [4.69, 9.17) is 23.3 Å². The van der Waals surface area contributed by atoms with Gasteiger partial charge in [0.2, 0.25) is 5.91 Å². The van der Waals surface area contributed by atoms with Crippen LogP contribution in [0.15, 0.2) is 76.5 Å². The maximum atomic E-state index is 15.1. The Morgan fingerprint density at radius 2 is 1.71 bits per heavy atom. The molecule has 0 aliphatic heterocycles. The average molecular weight is 702 g/mol. The normalized spacial score (nSPS) is 23.5. The number of halogens is 4. The van der Waals surface area contributed by atoms with Gasteiger partial charge in [0.1, 0.15) is 12.4 Å². The Bertz CT molecular complexity index is 2750. The topological polar surface area (TPSA) is 58.4 Å². The highest BCUT2D eigenvalue weighted by atomic mass is 32.2. The molecule has 3 aromatic carbocycles. The standard InChI is InChI=1S/C37H40F4N4O2S/c1-4-43(5-2)19-20-44(22-26-9-13-28(14-10-26)29-15-18-32(25(3)21-29)37(39,40)41)34(46)23-45-33-8-6-7-31(33)35(47)42-36(45)48-24-27-11-16-30(38)17-12-27/h9-18,21H,4-8,19-20,22-24H2,1-3H3/i6D2,7D2,8D2,9D,10D,13D,14D,15D,18D,19D2,20D2,21D,22D2,24D2. The van der Waals surface area contributed by atoms with Gasteiger partial charge in [0.05, 0.1) is 20.6 Å². The maximum Gasteiger partial charge on any atom is 0.416 e. The molecule has 0 atom stereocenters. The van der Waals surface area contributed by atoms with E-state index in [1.807, 2.05) is 0 Å². The van der Waals surface area contributed by atoms with Crippen LogP contribution in [0.1, 0.15) is 82.5 Å². The molecule has 1 aromatic heterocycles. The summed E-state index contributed by atoms with van der Waals surface area (Å²) in [5.41, 5.74) is -13.9. The molecule has 0 unspecified atom stereocenters. The zero-order valence-electron chi connectivity index (χ0n) is 46.5. The van der Waals surface area contributed by atoms with Gasteiger partial charge in [-0.1, -0.05) is 74.0 Å². The molecule has 0 saturated heterocycles. The number of nitrogens with zero attached hydrogens (tertiary/aromatic N) is 4. The number of alkyl halides is 3. The molecule has 4 aromatic rings. The highest BCUT2D eigenvalue weighted by Crippen LogP contribution is 2.34. The van der Waals surface area contributed by atoms with E-state index in [1.165, 1.54) is 13.8 Å². The molecule has 0 N–H and O–H groups in total. The minimum Gasteiger partial charge on any atom is -0.336 e. The van der Waals surface area contributed by atoms with Crippen molar-refractivity contribution in [2.75, 3.05) is 26.1 Å². The molecule has 0 bridgehead atoms. The summed E-state index contributed by atoms with van der Waals surface area (Å²) in [6.45, 7) is -10.8. The molecule has 0 radical (unpaired) electrons. The summed E-state index contributed by atoms with van der Waals surface area (Å²) < 4.78 is 241. The maximum absolute atomic E-state index is 15.1. The third-order valence-electron chi connectivity index (χ3n) is 6.63. The van der Waals surface area contributed by atoms with E-state index in [0.717, 1.165) is 36.1 Å². The van der Waals surface area contributed by atoms with Crippen molar-refractivity contribution in [2.45, 2.75) is 70.0 Å². The summed E-state index contributed by atoms with van der Waals surface area (Å²) in [5.74, 6) is -2.87. The number of benzene rings is 3. The first kappa shape index (κ1) is 17.1. The van der Waals surface area contributed by atoms with Crippen LogP contribution in [0, 0.1) is 12.7 Å². The number of rotatable bonds is 13. The Morgan fingerprint density at radius 1 is 1.02 bits per heavy atom. The van der Waals surface area contributed by atoms with Crippen molar-refractivity contribution in [3.05, 3.63) is 116 Å². The lowest BCUT2D eigenvalue weighted by Gasteiger charge is -2.28. The van der Waals surface area contributed by atoms with Crippen LogP contribution in [0.4, 0.5) is 17.6 Å². The number of likely N-dealkylation sites (N-methyl/N-ethyl adjacent to an activating group) is 1. The summed E-state index contributed by atoms with van der Waals surface area (Å²) in [6, 6.07) is -6.35. The van der Waals surface area contributed by atoms with Gasteiger partial charge in [-0.25, -0.2) is 4.39 Å². The minimum atomic E-state index is -5.27. The molecular formula is C37H40F4N4O2S. The molecule has 11 heteroatoms. The number of aromatic nitrogens is 2. The second kappa shape index (κ2) is 15.5. The first-order chi connectivity index (χ1) is 31.2. The Hall–Kier alpha value is -3.96. The number of fused-ring (bicyclic) bond motifs is 1. The zero-order chi connectivity index (χ0) is 53.1. The van der Waals surface area contributed by atoms with Crippen LogP contribution < -0.4 is 5.56 Å². The quantitative estimate of drug-likeness (QED) is 0.0820. The number of thioether (sulfide) groups is 1. The lowest BCUT2D eigenvalue weighted by Crippen LogP contribution is -2.40. The van der Waals surface area contributed by atoms with Crippen molar-refractivity contribution in [3.63, 3.8) is 0 Å². The van der Waals surface area contributed by atoms with E-state index in [2.05, 4.69) is 4.98 Å². The molecule has 1 heterocycles. The molecule has 0 spiro atoms. The van der Waals surface area contributed by atoms with Crippen LogP contribution in [0.3, 0.4) is 0 Å². The van der Waals surface area contributed by atoms with Crippen LogP contribution in [-0.2, 0) is 42.5 Å². The zero-order valence-corrected chi connectivity index (χ0v) is 26.3. The second-order valence-corrected chi connectivity index (χ2v) is 10.6. The SMILES string of the molecule is [2H]c1c([2H])c(C([2H])([2H])N(C(=O)Cn2c(SC([2H])([2H])c3ccc(F)cc3)nc(=O)c3c2C([2H])([2H])C([2H])([2H])C3([2H])[2H])C([2H])([2H])C([2H])([2H])N(CC)CC)c([2H])c([2H])c1-c1c([2H])c([2H])c(C(F)(F)F)c(C)c1[2H]. The molecule has 48 heavy (non-hydrogen) atoms. The van der Waals surface area contributed by atoms with E-state index in [-0.39, 0.29) is 35.0 Å². The van der Waals surface area contributed by atoms with E-state index >= 15 is 4.79 Å². The number of hydrogen-bond donors (Lipinski definition) is 0. The van der Waals surface area contributed by atoms with Gasteiger partial charge in [-0.2, -0.15) is 18.2 Å². The van der Waals surface area contributed by atoms with Crippen LogP contribution in [0.2, 0.25) is 0 Å². The predicted molar refractivity (Wildman–Crippen MR) is 181 cm³/mol. The molecule has 0 saturated carbocycles. The minimum absolute atomic E-state index is 0.0953. The van der Waals surface area contributed by atoms with Crippen molar-refractivity contribution in [1.29, 1.82) is 0 Å². The fourth-order valence-electron chi connectivity index (χ4n) is 4.15. The molecule has 254 valence electrons.